The molecule has 0 heterocycles. The molecule has 14 heavy (non-hydrogen) atoms. The molecule has 0 radical (unpaired) electrons. The average Bonchev–Trinajstić information content (AvgIpc) is 1.12. The predicted octanol–water partition coefficient (Wildman–Crippen LogP) is -9.28. The van der Waals surface area contributed by atoms with Gasteiger partial charge in [-0.2, -0.15) is 0 Å². The van der Waals surface area contributed by atoms with Gasteiger partial charge in [-0.05, 0) is 0 Å². The third kappa shape index (κ3) is 183. The van der Waals surface area contributed by atoms with Crippen LogP contribution in [-0.2, 0) is 24.5 Å². The fourth-order valence-corrected chi connectivity index (χ4v) is 0. The van der Waals surface area contributed by atoms with Crippen LogP contribution in [0.3, 0.4) is 0 Å². The Morgan fingerprint density at radius 1 is 0.571 bits per heavy atom. The summed E-state index contributed by atoms with van der Waals surface area (Å²) in [6.07, 6.45) is 0. The largest absolute Gasteiger partial charge is 2.00 e. The zero-order valence-corrected chi connectivity index (χ0v) is 18.1. The summed E-state index contributed by atoms with van der Waals surface area (Å²) in [5.74, 6) is 0. The van der Waals surface area contributed by atoms with Crippen LogP contribution in [0.4, 0.5) is 0 Å². The van der Waals surface area contributed by atoms with Gasteiger partial charge in [0.15, 0.2) is 0 Å². The number of hydrogen-bond acceptors (Lipinski definition) is 8. The van der Waals surface area contributed by atoms with E-state index in [1.54, 1.807) is 0 Å². The second-order valence-corrected chi connectivity index (χ2v) is 4.65. The van der Waals surface area contributed by atoms with Crippen molar-refractivity contribution in [2.45, 2.75) is 0 Å². The van der Waals surface area contributed by atoms with Crippen LogP contribution in [0.5, 0.6) is 0 Å². The van der Waals surface area contributed by atoms with Crippen LogP contribution in [0.1, 0.15) is 0 Å². The molecule has 0 aliphatic heterocycles. The van der Waals surface area contributed by atoms with Crippen molar-refractivity contribution in [3.63, 3.8) is 0 Å². The van der Waals surface area contributed by atoms with Crippen LogP contribution in [-0.4, -0.2) is 142 Å². The van der Waals surface area contributed by atoms with Crippen molar-refractivity contribution in [1.82, 2.24) is 0 Å². The van der Waals surface area contributed by atoms with Crippen molar-refractivity contribution in [3.8, 4) is 0 Å². The van der Waals surface area contributed by atoms with Gasteiger partial charge in [0.05, 0.1) is 0 Å². The molecule has 0 aromatic heterocycles. The molecule has 0 aliphatic rings. The van der Waals surface area contributed by atoms with E-state index >= 15 is 0 Å². The molecule has 0 fully saturated rings. The Labute approximate surface area is 186 Å². The maximum Gasteiger partial charge on any atom is 2.00 e. The van der Waals surface area contributed by atoms with Gasteiger partial charge in [0, 0.05) is 17.1 Å². The number of hydrogen-bond donors (Lipinski definition) is 0. The van der Waals surface area contributed by atoms with Crippen LogP contribution in [0.15, 0.2) is 0 Å². The molecule has 0 aliphatic carbocycles. The summed E-state index contributed by atoms with van der Waals surface area (Å²) in [5.41, 5.74) is 0. The molecule has 0 spiro atoms. The van der Waals surface area contributed by atoms with Crippen LogP contribution in [0.2, 0.25) is 0 Å². The van der Waals surface area contributed by atoms with Gasteiger partial charge in [0.25, 0.3) is 0 Å². The van der Waals surface area contributed by atoms with Gasteiger partial charge in [0.1, 0.15) is 0 Å². The second kappa shape index (κ2) is 17.8. The minimum Gasteiger partial charge on any atom is 0 e. The van der Waals surface area contributed by atoms with E-state index in [9.17, 15) is 0 Å². The quantitative estimate of drug-likeness (QED) is 0.325. The maximum absolute atomic E-state index is 8.61. The zero-order valence-electron chi connectivity index (χ0n) is 6.64. The summed E-state index contributed by atoms with van der Waals surface area (Å²) in [6, 6.07) is 0. The average molecular weight is 454 g/mol. The summed E-state index contributed by atoms with van der Waals surface area (Å²) in [4.78, 5) is 0. The van der Waals surface area contributed by atoms with Crippen molar-refractivity contribution in [3.05, 3.63) is 0 Å². The van der Waals surface area contributed by atoms with Gasteiger partial charge in [-0.1, -0.05) is 0 Å². The first-order chi connectivity index (χ1) is 4.00. The van der Waals surface area contributed by atoms with E-state index in [2.05, 4.69) is 0 Å². The summed E-state index contributed by atoms with van der Waals surface area (Å²) in [7, 11) is 0. The molecular weight excluding hydrogens is 454 g/mol. The van der Waals surface area contributed by atoms with Crippen molar-refractivity contribution < 1.29 is 49.1 Å². The van der Waals surface area contributed by atoms with Gasteiger partial charge >= 0.3 is 174 Å². The molecule has 0 aromatic carbocycles. The zero-order chi connectivity index (χ0) is 9.00. The molecule has 0 N–H and O–H groups in total. The van der Waals surface area contributed by atoms with Crippen molar-refractivity contribution in [2.75, 3.05) is 0 Å². The third-order valence-electron chi connectivity index (χ3n) is 0. The fraction of sp³-hybridized carbons (Fsp3) is 0. The Balaban J connectivity index is -0.0000000178. The van der Waals surface area contributed by atoms with Crippen LogP contribution < -0.4 is 24.6 Å². The van der Waals surface area contributed by atoms with E-state index in [1.807, 2.05) is 0 Å². The fourth-order valence-electron chi connectivity index (χ4n) is 0. The van der Waals surface area contributed by atoms with Crippen LogP contribution in [0, 0.1) is 0 Å². The Kier molecular flexibility index (Phi) is 46.2. The first-order valence-corrected chi connectivity index (χ1v) is 7.59. The molecule has 0 aromatic rings. The van der Waals surface area contributed by atoms with Crippen molar-refractivity contribution in [2.24, 2.45) is 0 Å². The summed E-state index contributed by atoms with van der Waals surface area (Å²) >= 11 is -11.8. The molecular formula is As2Ca3FeO8. The third-order valence-corrected chi connectivity index (χ3v) is 0. The maximum atomic E-state index is 8.61. The monoisotopic (exact) mass is 454 g/mol. The molecule has 0 atom stereocenters. The molecule has 0 saturated heterocycles. The van der Waals surface area contributed by atoms with E-state index < -0.39 is 29.0 Å². The topological polar surface area (TPSA) is 172 Å². The van der Waals surface area contributed by atoms with E-state index in [1.165, 1.54) is 0 Å². The van der Waals surface area contributed by atoms with Crippen molar-refractivity contribution >= 4 is 142 Å². The van der Waals surface area contributed by atoms with E-state index in [4.69, 9.17) is 32.1 Å². The first kappa shape index (κ1) is 36.3. The Hall–Kier alpha value is 4.78. The van der Waals surface area contributed by atoms with Gasteiger partial charge in [-0.25, -0.2) is 0 Å². The molecule has 72 valence electrons. The van der Waals surface area contributed by atoms with E-state index in [0.29, 0.717) is 0 Å². The molecule has 14 heteroatoms. The van der Waals surface area contributed by atoms with Gasteiger partial charge in [0.2, 0.25) is 0 Å². The molecule has 8 nitrogen and oxygen atoms in total. The second-order valence-electron chi connectivity index (χ2n) is 0.894. The SMILES string of the molecule is O=[As]([O-])([O-])[O-].O=[As]([O-])([O-])[O-].[Ca+2].[Ca+2].[Ca+2].[Fe]. The number of rotatable bonds is 0. The molecule has 0 bridgehead atoms. The van der Waals surface area contributed by atoms with E-state index in [-0.39, 0.29) is 130 Å². The summed E-state index contributed by atoms with van der Waals surface area (Å²) in [6.45, 7) is 0. The van der Waals surface area contributed by atoms with E-state index in [0.717, 1.165) is 0 Å². The Morgan fingerprint density at radius 3 is 0.571 bits per heavy atom. The predicted molar refractivity (Wildman–Crippen MR) is 30.1 cm³/mol. The Bertz CT molecular complexity index is 135. The first-order valence-electron chi connectivity index (χ1n) is 1.46. The molecule has 0 saturated carbocycles. The standard InChI is InChI=1S/2AsH3O4.3Ca.Fe/c2*2-1(3,4)5;;;;/h2*(H3,2,3,4,5);;;;/q;;3*+2;/p-6. The van der Waals surface area contributed by atoms with Crippen LogP contribution >= 0.6 is 0 Å². The Morgan fingerprint density at radius 2 is 0.571 bits per heavy atom. The van der Waals surface area contributed by atoms with Gasteiger partial charge in [-0.15, -0.1) is 0 Å². The molecule has 0 amide bonds. The van der Waals surface area contributed by atoms with Crippen molar-refractivity contribution in [1.29, 1.82) is 0 Å². The minimum atomic E-state index is -5.88. The smallest absolute Gasteiger partial charge is 0 e. The van der Waals surface area contributed by atoms with Gasteiger partial charge < -0.3 is 0 Å². The summed E-state index contributed by atoms with van der Waals surface area (Å²) in [5, 5.41) is 0. The molecule has 0 rings (SSSR count). The van der Waals surface area contributed by atoms with Crippen LogP contribution in [0.25, 0.3) is 0 Å². The molecule has 0 unspecified atom stereocenters. The van der Waals surface area contributed by atoms with Gasteiger partial charge in [-0.3, -0.25) is 0 Å². The summed E-state index contributed by atoms with van der Waals surface area (Å²) < 4.78 is 68.9. The normalized spacial score (nSPS) is 8.43. The minimum absolute atomic E-state index is 0.